The Morgan fingerprint density at radius 3 is 1.65 bits per heavy atom. The van der Waals surface area contributed by atoms with Crippen molar-refractivity contribution in [3.8, 4) is 0 Å². The Labute approximate surface area is 148 Å². The lowest BCUT2D eigenvalue weighted by molar-refractivity contribution is 0.0843. The number of hydrogen-bond donors (Lipinski definition) is 0. The Bertz CT molecular complexity index is 257. The standard InChI is InChI=1S/C18H43N3OSi/c1-8-18(3,9-2)22-23-17-16-21(14-10-12-19(4)5)15-11-13-20(6)7/h8-17,23H2,1-7H3. The molecule has 0 radical (unpaired) electrons. The molecule has 0 aliphatic carbocycles. The molecule has 0 amide bonds. The summed E-state index contributed by atoms with van der Waals surface area (Å²) in [7, 11) is 8.24. The van der Waals surface area contributed by atoms with Crippen molar-refractivity contribution >= 4 is 9.76 Å². The van der Waals surface area contributed by atoms with Crippen LogP contribution in [0.1, 0.15) is 46.5 Å². The molecule has 0 heterocycles. The van der Waals surface area contributed by atoms with E-state index in [1.165, 1.54) is 51.6 Å². The molecule has 5 heteroatoms. The van der Waals surface area contributed by atoms with Crippen LogP contribution in [0.5, 0.6) is 0 Å². The van der Waals surface area contributed by atoms with Gasteiger partial charge in [-0.2, -0.15) is 0 Å². The summed E-state index contributed by atoms with van der Waals surface area (Å²) in [5.74, 6) is 0. The highest BCUT2D eigenvalue weighted by molar-refractivity contribution is 6.27. The molecule has 0 N–H and O–H groups in total. The molecule has 0 atom stereocenters. The molecule has 0 aromatic rings. The zero-order chi connectivity index (χ0) is 17.7. The molecule has 140 valence electrons. The molecule has 0 fully saturated rings. The summed E-state index contributed by atoms with van der Waals surface area (Å²) < 4.78 is 6.26. The van der Waals surface area contributed by atoms with Gasteiger partial charge in [-0.25, -0.2) is 0 Å². The van der Waals surface area contributed by atoms with Gasteiger partial charge < -0.3 is 19.1 Å². The average Bonchev–Trinajstić information content (AvgIpc) is 2.50. The molecular weight excluding hydrogens is 302 g/mol. The van der Waals surface area contributed by atoms with Crippen LogP contribution >= 0.6 is 0 Å². The fourth-order valence-corrected chi connectivity index (χ4v) is 4.24. The number of rotatable bonds is 15. The average molecular weight is 346 g/mol. The quantitative estimate of drug-likeness (QED) is 0.335. The van der Waals surface area contributed by atoms with Crippen LogP contribution in [-0.4, -0.2) is 91.0 Å². The van der Waals surface area contributed by atoms with Gasteiger partial charge in [0.15, 0.2) is 9.76 Å². The van der Waals surface area contributed by atoms with E-state index in [9.17, 15) is 0 Å². The normalized spacial score (nSPS) is 13.3. The lowest BCUT2D eigenvalue weighted by Gasteiger charge is -2.29. The van der Waals surface area contributed by atoms with Crippen LogP contribution in [0.25, 0.3) is 0 Å². The van der Waals surface area contributed by atoms with E-state index in [4.69, 9.17) is 4.43 Å². The Morgan fingerprint density at radius 1 is 0.783 bits per heavy atom. The van der Waals surface area contributed by atoms with Gasteiger partial charge in [-0.1, -0.05) is 13.8 Å². The second kappa shape index (κ2) is 13.4. The van der Waals surface area contributed by atoms with Gasteiger partial charge in [0.25, 0.3) is 0 Å². The van der Waals surface area contributed by atoms with Crippen molar-refractivity contribution in [1.82, 2.24) is 14.7 Å². The molecule has 0 aliphatic heterocycles. The summed E-state index contributed by atoms with van der Waals surface area (Å²) in [5.41, 5.74) is 0.132. The van der Waals surface area contributed by atoms with Crippen molar-refractivity contribution < 1.29 is 4.43 Å². The molecule has 0 aliphatic rings. The number of nitrogens with zero attached hydrogens (tertiary/aromatic N) is 3. The molecule has 0 rings (SSSR count). The van der Waals surface area contributed by atoms with Gasteiger partial charge in [-0.15, -0.1) is 0 Å². The molecule has 0 unspecified atom stereocenters. The Kier molecular flexibility index (Phi) is 13.4. The van der Waals surface area contributed by atoms with E-state index in [1.54, 1.807) is 0 Å². The van der Waals surface area contributed by atoms with E-state index < -0.39 is 9.76 Å². The highest BCUT2D eigenvalue weighted by atomic mass is 28.2. The maximum absolute atomic E-state index is 6.26. The van der Waals surface area contributed by atoms with E-state index >= 15 is 0 Å². The first-order chi connectivity index (χ1) is 10.8. The van der Waals surface area contributed by atoms with Crippen LogP contribution in [0.15, 0.2) is 0 Å². The Hall–Kier alpha value is 0.0569. The fraction of sp³-hybridized carbons (Fsp3) is 1.00. The van der Waals surface area contributed by atoms with Gasteiger partial charge >= 0.3 is 0 Å². The third-order valence-corrected chi connectivity index (χ3v) is 6.23. The molecule has 0 spiro atoms. The van der Waals surface area contributed by atoms with Crippen LogP contribution < -0.4 is 0 Å². The van der Waals surface area contributed by atoms with Crippen molar-refractivity contribution in [1.29, 1.82) is 0 Å². The monoisotopic (exact) mass is 345 g/mol. The van der Waals surface area contributed by atoms with Gasteiger partial charge in [0.2, 0.25) is 0 Å². The first kappa shape index (κ1) is 23.1. The minimum Gasteiger partial charge on any atom is -0.419 e. The van der Waals surface area contributed by atoms with Crippen molar-refractivity contribution in [2.24, 2.45) is 0 Å². The molecule has 0 saturated carbocycles. The third-order valence-electron chi connectivity index (χ3n) is 4.72. The van der Waals surface area contributed by atoms with E-state index in [0.29, 0.717) is 0 Å². The molecule has 0 saturated heterocycles. The second-order valence-corrected chi connectivity index (χ2v) is 8.92. The highest BCUT2D eigenvalue weighted by Gasteiger charge is 2.19. The second-order valence-electron chi connectivity index (χ2n) is 7.51. The summed E-state index contributed by atoms with van der Waals surface area (Å²) in [4.78, 5) is 7.21. The Balaban J connectivity index is 4.07. The number of hydrogen-bond acceptors (Lipinski definition) is 4. The maximum atomic E-state index is 6.26. The molecule has 0 aromatic carbocycles. The zero-order valence-corrected chi connectivity index (χ0v) is 18.4. The van der Waals surface area contributed by atoms with Crippen LogP contribution in [0.2, 0.25) is 6.04 Å². The topological polar surface area (TPSA) is 19.0 Å². The van der Waals surface area contributed by atoms with Crippen molar-refractivity contribution in [2.75, 3.05) is 60.9 Å². The summed E-state index contributed by atoms with van der Waals surface area (Å²) in [6.07, 6.45) is 4.79. The minimum absolute atomic E-state index is 0.132. The smallest absolute Gasteiger partial charge is 0.163 e. The highest BCUT2D eigenvalue weighted by Crippen LogP contribution is 2.18. The predicted molar refractivity (Wildman–Crippen MR) is 106 cm³/mol. The maximum Gasteiger partial charge on any atom is 0.163 e. The minimum atomic E-state index is -0.398. The van der Waals surface area contributed by atoms with E-state index in [-0.39, 0.29) is 5.60 Å². The predicted octanol–water partition coefficient (Wildman–Crippen LogP) is 2.29. The lowest BCUT2D eigenvalue weighted by Crippen LogP contribution is -2.33. The first-order valence-corrected chi connectivity index (χ1v) is 11.1. The molecular formula is C18H43N3OSi. The van der Waals surface area contributed by atoms with Crippen molar-refractivity contribution in [3.05, 3.63) is 0 Å². The van der Waals surface area contributed by atoms with Gasteiger partial charge in [0.05, 0.1) is 5.60 Å². The van der Waals surface area contributed by atoms with Gasteiger partial charge in [0, 0.05) is 0 Å². The lowest BCUT2D eigenvalue weighted by atomic mass is 10.0. The summed E-state index contributed by atoms with van der Waals surface area (Å²) in [6.45, 7) is 12.8. The van der Waals surface area contributed by atoms with Gasteiger partial charge in [-0.3, -0.25) is 0 Å². The van der Waals surface area contributed by atoms with E-state index in [1.807, 2.05) is 0 Å². The first-order valence-electron chi connectivity index (χ1n) is 9.48. The molecule has 0 aromatic heterocycles. The van der Waals surface area contributed by atoms with Crippen molar-refractivity contribution in [3.63, 3.8) is 0 Å². The molecule has 0 bridgehead atoms. The van der Waals surface area contributed by atoms with Crippen LogP contribution in [0.4, 0.5) is 0 Å². The largest absolute Gasteiger partial charge is 0.419 e. The Morgan fingerprint density at radius 2 is 1.26 bits per heavy atom. The molecule has 4 nitrogen and oxygen atoms in total. The van der Waals surface area contributed by atoms with Crippen LogP contribution in [0.3, 0.4) is 0 Å². The van der Waals surface area contributed by atoms with Crippen LogP contribution in [0, 0.1) is 0 Å². The van der Waals surface area contributed by atoms with Crippen molar-refractivity contribution in [2.45, 2.75) is 58.1 Å². The summed E-state index contributed by atoms with van der Waals surface area (Å²) in [6, 6.07) is 1.28. The van der Waals surface area contributed by atoms with Crippen LogP contribution in [-0.2, 0) is 4.43 Å². The van der Waals surface area contributed by atoms with E-state index in [2.05, 4.69) is 63.7 Å². The van der Waals surface area contributed by atoms with Gasteiger partial charge in [-0.05, 0) is 99.6 Å². The fourth-order valence-electron chi connectivity index (χ4n) is 2.62. The summed E-state index contributed by atoms with van der Waals surface area (Å²) in [5, 5.41) is 0. The summed E-state index contributed by atoms with van der Waals surface area (Å²) >= 11 is 0. The van der Waals surface area contributed by atoms with Gasteiger partial charge in [0.1, 0.15) is 0 Å². The zero-order valence-electron chi connectivity index (χ0n) is 17.0. The SMILES string of the molecule is CCC(C)(CC)O[SiH2]CCN(CCCN(C)C)CCCN(C)C. The molecule has 23 heavy (non-hydrogen) atoms. The van der Waals surface area contributed by atoms with E-state index in [0.717, 1.165) is 12.8 Å². The third kappa shape index (κ3) is 13.1.